The number of hydrogen-bond acceptors (Lipinski definition) is 5. The van der Waals surface area contributed by atoms with Crippen LogP contribution in [0.3, 0.4) is 0 Å². The fourth-order valence-corrected chi connectivity index (χ4v) is 5.20. The first-order valence-electron chi connectivity index (χ1n) is 10.9. The second-order valence-corrected chi connectivity index (χ2v) is 9.77. The first-order valence-corrected chi connectivity index (χ1v) is 12.6. The van der Waals surface area contributed by atoms with Gasteiger partial charge in [0.2, 0.25) is 11.8 Å². The van der Waals surface area contributed by atoms with Crippen LogP contribution in [0.4, 0.5) is 10.8 Å². The van der Waals surface area contributed by atoms with Crippen molar-refractivity contribution in [2.24, 2.45) is 0 Å². The number of hydrogen-bond donors (Lipinski definition) is 2. The molecule has 7 heteroatoms. The van der Waals surface area contributed by atoms with Crippen LogP contribution in [0.5, 0.6) is 0 Å². The second kappa shape index (κ2) is 11.1. The maximum atomic E-state index is 13.3. The average molecular weight is 476 g/mol. The number of aromatic nitrogens is 1. The lowest BCUT2D eigenvalue weighted by Crippen LogP contribution is -2.18. The Morgan fingerprint density at radius 1 is 0.939 bits per heavy atom. The number of thiazole rings is 1. The van der Waals surface area contributed by atoms with Crippen molar-refractivity contribution in [2.75, 3.05) is 10.6 Å². The molecule has 0 bridgehead atoms. The van der Waals surface area contributed by atoms with E-state index < -0.39 is 5.25 Å². The minimum absolute atomic E-state index is 0.0228. The van der Waals surface area contributed by atoms with E-state index in [2.05, 4.69) is 22.5 Å². The van der Waals surface area contributed by atoms with Crippen molar-refractivity contribution in [3.05, 3.63) is 84.4 Å². The second-order valence-electron chi connectivity index (χ2n) is 7.56. The van der Waals surface area contributed by atoms with Crippen molar-refractivity contribution in [1.82, 2.24) is 4.98 Å². The quantitative estimate of drug-likeness (QED) is 0.258. The monoisotopic (exact) mass is 475 g/mol. The summed E-state index contributed by atoms with van der Waals surface area (Å²) in [7, 11) is 0. The molecule has 0 radical (unpaired) electrons. The summed E-state index contributed by atoms with van der Waals surface area (Å²) >= 11 is 2.93. The lowest BCUT2D eigenvalue weighted by atomic mass is 10.1. The Labute approximate surface area is 201 Å². The Kier molecular flexibility index (Phi) is 7.75. The fourth-order valence-electron chi connectivity index (χ4n) is 3.31. The van der Waals surface area contributed by atoms with E-state index in [1.165, 1.54) is 23.1 Å². The van der Waals surface area contributed by atoms with Crippen LogP contribution in [0, 0.1) is 0 Å². The molecule has 0 aliphatic rings. The number of rotatable bonds is 9. The summed E-state index contributed by atoms with van der Waals surface area (Å²) in [5.74, 6) is -0.100. The molecule has 0 spiro atoms. The minimum Gasteiger partial charge on any atom is -0.326 e. The van der Waals surface area contributed by atoms with E-state index >= 15 is 0 Å². The van der Waals surface area contributed by atoms with Crippen molar-refractivity contribution in [2.45, 2.75) is 36.3 Å². The van der Waals surface area contributed by atoms with E-state index in [1.807, 2.05) is 78.9 Å². The third-order valence-corrected chi connectivity index (χ3v) is 7.23. The molecule has 0 aliphatic heterocycles. The fraction of sp³-hybridized carbons (Fsp3) is 0.192. The van der Waals surface area contributed by atoms with Crippen LogP contribution in [-0.4, -0.2) is 16.8 Å². The first kappa shape index (κ1) is 23.0. The Morgan fingerprint density at radius 2 is 1.67 bits per heavy atom. The molecular formula is C26H25N3O2S2. The number of thioether (sulfide) groups is 1. The van der Waals surface area contributed by atoms with Crippen molar-refractivity contribution >= 4 is 55.9 Å². The summed E-state index contributed by atoms with van der Waals surface area (Å²) in [6.45, 7) is 2.06. The molecule has 168 valence electrons. The average Bonchev–Trinajstić information content (AvgIpc) is 3.25. The normalized spacial score (nSPS) is 11.8. The van der Waals surface area contributed by atoms with Gasteiger partial charge in [0.15, 0.2) is 5.13 Å². The van der Waals surface area contributed by atoms with Crippen molar-refractivity contribution in [1.29, 1.82) is 0 Å². The van der Waals surface area contributed by atoms with Gasteiger partial charge in [-0.3, -0.25) is 9.59 Å². The summed E-state index contributed by atoms with van der Waals surface area (Å²) in [5.41, 5.74) is 2.55. The van der Waals surface area contributed by atoms with Gasteiger partial charge in [-0.05, 0) is 48.4 Å². The molecule has 4 aromatic rings. The smallest absolute Gasteiger partial charge is 0.244 e. The van der Waals surface area contributed by atoms with Gasteiger partial charge in [0.05, 0.1) is 10.2 Å². The highest BCUT2D eigenvalue weighted by Gasteiger charge is 2.23. The number of anilines is 2. The van der Waals surface area contributed by atoms with Crippen molar-refractivity contribution < 1.29 is 9.59 Å². The molecule has 5 nitrogen and oxygen atoms in total. The molecule has 1 unspecified atom stereocenters. The Morgan fingerprint density at radius 3 is 2.39 bits per heavy atom. The predicted molar refractivity (Wildman–Crippen MR) is 138 cm³/mol. The molecule has 0 saturated carbocycles. The highest BCUT2D eigenvalue weighted by Crippen LogP contribution is 2.37. The molecule has 1 aromatic heterocycles. The molecule has 1 atom stereocenters. The summed E-state index contributed by atoms with van der Waals surface area (Å²) in [5, 5.41) is 6.07. The molecule has 33 heavy (non-hydrogen) atoms. The lowest BCUT2D eigenvalue weighted by Gasteiger charge is -2.16. The van der Waals surface area contributed by atoms with Crippen LogP contribution in [-0.2, 0) is 9.59 Å². The zero-order valence-electron chi connectivity index (χ0n) is 18.3. The molecule has 4 rings (SSSR count). The van der Waals surface area contributed by atoms with Crippen LogP contribution < -0.4 is 10.6 Å². The minimum atomic E-state index is -0.441. The topological polar surface area (TPSA) is 71.1 Å². The van der Waals surface area contributed by atoms with E-state index in [1.54, 1.807) is 0 Å². The summed E-state index contributed by atoms with van der Waals surface area (Å²) in [6.07, 6.45) is 2.39. The number of amides is 2. The van der Waals surface area contributed by atoms with Gasteiger partial charge in [0.1, 0.15) is 5.25 Å². The van der Waals surface area contributed by atoms with Gasteiger partial charge in [-0.2, -0.15) is 0 Å². The number of nitrogens with one attached hydrogen (secondary N) is 2. The SMILES string of the molecule is CCCCC(=O)Nc1ccc(SC(C(=O)Nc2nc3ccccc3s2)c2ccccc2)cc1. The molecule has 0 fully saturated rings. The number of fused-ring (bicyclic) bond motifs is 1. The Balaban J connectivity index is 1.49. The van der Waals surface area contributed by atoms with Gasteiger partial charge in [-0.15, -0.1) is 11.8 Å². The molecule has 0 aliphatic carbocycles. The van der Waals surface area contributed by atoms with Crippen LogP contribution in [0.1, 0.15) is 37.0 Å². The predicted octanol–water partition coefficient (Wildman–Crippen LogP) is 6.90. The van der Waals surface area contributed by atoms with Crippen LogP contribution in [0.2, 0.25) is 0 Å². The highest BCUT2D eigenvalue weighted by molar-refractivity contribution is 8.00. The zero-order chi connectivity index (χ0) is 23.0. The van der Waals surface area contributed by atoms with Crippen LogP contribution in [0.15, 0.2) is 83.8 Å². The number of carbonyl (C=O) groups is 2. The zero-order valence-corrected chi connectivity index (χ0v) is 19.9. The van der Waals surface area contributed by atoms with Gasteiger partial charge < -0.3 is 10.6 Å². The molecular weight excluding hydrogens is 450 g/mol. The number of unbranched alkanes of at least 4 members (excludes halogenated alkanes) is 1. The maximum absolute atomic E-state index is 13.3. The van der Waals surface area contributed by atoms with Gasteiger partial charge in [-0.1, -0.05) is 67.1 Å². The number of nitrogens with zero attached hydrogens (tertiary/aromatic N) is 1. The third-order valence-electron chi connectivity index (χ3n) is 5.01. The van der Waals surface area contributed by atoms with Gasteiger partial charge in [0, 0.05) is 17.0 Å². The van der Waals surface area contributed by atoms with E-state index in [0.29, 0.717) is 11.6 Å². The van der Waals surface area contributed by atoms with E-state index in [4.69, 9.17) is 0 Å². The van der Waals surface area contributed by atoms with Crippen molar-refractivity contribution in [3.8, 4) is 0 Å². The molecule has 2 N–H and O–H groups in total. The van der Waals surface area contributed by atoms with Gasteiger partial charge >= 0.3 is 0 Å². The molecule has 2 amide bonds. The van der Waals surface area contributed by atoms with E-state index in [9.17, 15) is 9.59 Å². The van der Waals surface area contributed by atoms with E-state index in [0.717, 1.165) is 39.2 Å². The Bertz CT molecular complexity index is 1190. The highest BCUT2D eigenvalue weighted by atomic mass is 32.2. The molecule has 1 heterocycles. The largest absolute Gasteiger partial charge is 0.326 e. The van der Waals surface area contributed by atoms with Crippen molar-refractivity contribution in [3.63, 3.8) is 0 Å². The first-order chi connectivity index (χ1) is 16.1. The van der Waals surface area contributed by atoms with Crippen LogP contribution in [0.25, 0.3) is 10.2 Å². The molecule has 3 aromatic carbocycles. The molecule has 0 saturated heterocycles. The standard InChI is InChI=1S/C26H25N3O2S2/c1-2-3-13-23(30)27-19-14-16-20(17-15-19)32-24(18-9-5-4-6-10-18)25(31)29-26-28-21-11-7-8-12-22(21)33-26/h4-12,14-17,24H,2-3,13H2,1H3,(H,27,30)(H,28,29,31). The maximum Gasteiger partial charge on any atom is 0.244 e. The lowest BCUT2D eigenvalue weighted by molar-refractivity contribution is -0.116. The number of carbonyl (C=O) groups excluding carboxylic acids is 2. The van der Waals surface area contributed by atoms with Gasteiger partial charge in [0.25, 0.3) is 0 Å². The summed E-state index contributed by atoms with van der Waals surface area (Å²) in [6, 6.07) is 25.2. The number of benzene rings is 3. The summed E-state index contributed by atoms with van der Waals surface area (Å²) in [4.78, 5) is 30.7. The number of para-hydroxylation sites is 1. The third kappa shape index (κ3) is 6.21. The van der Waals surface area contributed by atoms with Gasteiger partial charge in [-0.25, -0.2) is 4.98 Å². The Hall–Kier alpha value is -3.16. The van der Waals surface area contributed by atoms with E-state index in [-0.39, 0.29) is 11.8 Å². The summed E-state index contributed by atoms with van der Waals surface area (Å²) < 4.78 is 1.04. The van der Waals surface area contributed by atoms with Crippen LogP contribution >= 0.6 is 23.1 Å².